The number of benzene rings is 1. The van der Waals surface area contributed by atoms with Gasteiger partial charge in [0, 0.05) is 27.3 Å². The van der Waals surface area contributed by atoms with Crippen LogP contribution in [-0.4, -0.2) is 4.98 Å². The minimum atomic E-state index is 0.775. The third-order valence-corrected chi connectivity index (χ3v) is 2.58. The summed E-state index contributed by atoms with van der Waals surface area (Å²) in [6, 6.07) is 5.84. The molecule has 0 aliphatic rings. The van der Waals surface area contributed by atoms with Gasteiger partial charge in [0.05, 0.1) is 0 Å². The molecule has 0 saturated carbocycles. The molecule has 3 heteroatoms. The quantitative estimate of drug-likeness (QED) is 0.646. The second-order valence-corrected chi connectivity index (χ2v) is 3.20. The average molecular weight is 211 g/mol. The first-order valence-electron chi connectivity index (χ1n) is 3.30. The molecule has 2 nitrogen and oxygen atoms in total. The molecule has 56 valence electrons. The number of aromatic amines is 1. The number of hydrogen-bond donors (Lipinski definition) is 2. The average Bonchev–Trinajstić information content (AvgIpc) is 2.45. The number of hydrogen-bond acceptors (Lipinski definition) is 1. The third kappa shape index (κ3) is 0.922. The molecule has 0 atom stereocenters. The van der Waals surface area contributed by atoms with Gasteiger partial charge in [-0.15, -0.1) is 0 Å². The minimum absolute atomic E-state index is 0.775. The highest BCUT2D eigenvalue weighted by Crippen LogP contribution is 2.28. The zero-order chi connectivity index (χ0) is 7.84. The van der Waals surface area contributed by atoms with Crippen molar-refractivity contribution in [3.63, 3.8) is 0 Å². The highest BCUT2D eigenvalue weighted by atomic mass is 79.9. The molecule has 0 unspecified atom stereocenters. The highest BCUT2D eigenvalue weighted by Gasteiger charge is 2.01. The van der Waals surface area contributed by atoms with Crippen molar-refractivity contribution in [1.29, 1.82) is 0 Å². The molecular weight excluding hydrogens is 204 g/mol. The van der Waals surface area contributed by atoms with Gasteiger partial charge in [-0.05, 0) is 34.1 Å². The van der Waals surface area contributed by atoms with Crippen molar-refractivity contribution in [3.05, 3.63) is 28.9 Å². The fourth-order valence-electron chi connectivity index (χ4n) is 1.11. The Bertz CT molecular complexity index is 392. The Morgan fingerprint density at radius 1 is 1.27 bits per heavy atom. The van der Waals surface area contributed by atoms with Crippen LogP contribution in [0.2, 0.25) is 0 Å². The predicted molar refractivity (Wildman–Crippen MR) is 50.4 cm³/mol. The largest absolute Gasteiger partial charge is 0.398 e. The number of nitrogen functional groups attached to an aromatic ring is 1. The topological polar surface area (TPSA) is 41.8 Å². The lowest BCUT2D eigenvalue weighted by atomic mass is 10.2. The second kappa shape index (κ2) is 2.27. The van der Waals surface area contributed by atoms with Crippen LogP contribution in [0.3, 0.4) is 0 Å². The number of aromatic nitrogens is 1. The molecule has 11 heavy (non-hydrogen) atoms. The van der Waals surface area contributed by atoms with Crippen LogP contribution in [0.5, 0.6) is 0 Å². The molecule has 0 aliphatic carbocycles. The Labute approximate surface area is 72.5 Å². The fraction of sp³-hybridized carbons (Fsp3) is 0. The van der Waals surface area contributed by atoms with Gasteiger partial charge in [0.1, 0.15) is 0 Å². The van der Waals surface area contributed by atoms with Crippen LogP contribution in [0, 0.1) is 0 Å². The molecule has 3 N–H and O–H groups in total. The van der Waals surface area contributed by atoms with Crippen LogP contribution in [0.25, 0.3) is 10.9 Å². The Kier molecular flexibility index (Phi) is 1.39. The Balaban J connectivity index is 2.93. The predicted octanol–water partition coefficient (Wildman–Crippen LogP) is 2.51. The van der Waals surface area contributed by atoms with E-state index in [1.807, 2.05) is 24.4 Å². The van der Waals surface area contributed by atoms with Crippen LogP contribution in [-0.2, 0) is 0 Å². The van der Waals surface area contributed by atoms with Crippen molar-refractivity contribution < 1.29 is 0 Å². The molecule has 0 aliphatic heterocycles. The van der Waals surface area contributed by atoms with Crippen molar-refractivity contribution in [2.45, 2.75) is 0 Å². The number of rotatable bonds is 0. The third-order valence-electron chi connectivity index (χ3n) is 1.70. The lowest BCUT2D eigenvalue weighted by molar-refractivity contribution is 1.48. The van der Waals surface area contributed by atoms with E-state index in [1.165, 1.54) is 0 Å². The van der Waals surface area contributed by atoms with Gasteiger partial charge in [-0.1, -0.05) is 0 Å². The normalized spacial score (nSPS) is 10.6. The summed E-state index contributed by atoms with van der Waals surface area (Å²) in [5.74, 6) is 0. The summed E-state index contributed by atoms with van der Waals surface area (Å²) >= 11 is 3.41. The van der Waals surface area contributed by atoms with Gasteiger partial charge < -0.3 is 10.7 Å². The first-order chi connectivity index (χ1) is 5.29. The maximum absolute atomic E-state index is 5.68. The number of nitrogens with two attached hydrogens (primary N) is 1. The van der Waals surface area contributed by atoms with E-state index in [2.05, 4.69) is 20.9 Å². The van der Waals surface area contributed by atoms with Crippen LogP contribution in [0.15, 0.2) is 28.9 Å². The molecule has 1 aromatic carbocycles. The summed E-state index contributed by atoms with van der Waals surface area (Å²) in [4.78, 5) is 3.10. The number of fused-ring (bicyclic) bond motifs is 1. The monoisotopic (exact) mass is 210 g/mol. The van der Waals surface area contributed by atoms with Gasteiger partial charge >= 0.3 is 0 Å². The molecule has 1 heterocycles. The van der Waals surface area contributed by atoms with Gasteiger partial charge in [-0.2, -0.15) is 0 Å². The SMILES string of the molecule is Nc1ccc2[nH]ccc2c1Br. The van der Waals surface area contributed by atoms with Crippen LogP contribution in [0.4, 0.5) is 5.69 Å². The second-order valence-electron chi connectivity index (χ2n) is 2.41. The smallest absolute Gasteiger partial charge is 0.0498 e. The van der Waals surface area contributed by atoms with Crippen LogP contribution in [0.1, 0.15) is 0 Å². The molecule has 0 fully saturated rings. The minimum Gasteiger partial charge on any atom is -0.398 e. The molecule has 1 aromatic heterocycles. The van der Waals surface area contributed by atoms with Crippen LogP contribution >= 0.6 is 15.9 Å². The summed E-state index contributed by atoms with van der Waals surface area (Å²) in [6.45, 7) is 0. The van der Waals surface area contributed by atoms with Crippen molar-refractivity contribution in [1.82, 2.24) is 4.98 Å². The fourth-order valence-corrected chi connectivity index (χ4v) is 1.59. The van der Waals surface area contributed by atoms with Crippen LogP contribution < -0.4 is 5.73 Å². The number of halogens is 1. The molecule has 0 spiro atoms. The Morgan fingerprint density at radius 2 is 2.09 bits per heavy atom. The van der Waals surface area contributed by atoms with Crippen molar-refractivity contribution in [2.24, 2.45) is 0 Å². The van der Waals surface area contributed by atoms with E-state index in [0.717, 1.165) is 21.1 Å². The molecule has 0 radical (unpaired) electrons. The molecule has 0 bridgehead atoms. The molecule has 0 saturated heterocycles. The van der Waals surface area contributed by atoms with E-state index < -0.39 is 0 Å². The lowest BCUT2D eigenvalue weighted by Crippen LogP contribution is -1.85. The zero-order valence-corrected chi connectivity index (χ0v) is 7.35. The van der Waals surface area contributed by atoms with Gasteiger partial charge in [0.25, 0.3) is 0 Å². The van der Waals surface area contributed by atoms with Crippen molar-refractivity contribution >= 4 is 32.5 Å². The summed E-state index contributed by atoms with van der Waals surface area (Å²) in [5, 5.41) is 1.13. The van der Waals surface area contributed by atoms with E-state index >= 15 is 0 Å². The first-order valence-corrected chi connectivity index (χ1v) is 4.09. The molecule has 2 aromatic rings. The van der Waals surface area contributed by atoms with Crippen molar-refractivity contribution in [3.8, 4) is 0 Å². The maximum Gasteiger partial charge on any atom is 0.0498 e. The Morgan fingerprint density at radius 3 is 2.91 bits per heavy atom. The standard InChI is InChI=1S/C8H7BrN2/c9-8-5-3-4-11-7(5)2-1-6(8)10/h1-4,11H,10H2. The summed E-state index contributed by atoms with van der Waals surface area (Å²) < 4.78 is 0.969. The zero-order valence-electron chi connectivity index (χ0n) is 5.76. The molecular formula is C8H7BrN2. The summed E-state index contributed by atoms with van der Waals surface area (Å²) in [7, 11) is 0. The van der Waals surface area contributed by atoms with E-state index in [0.29, 0.717) is 0 Å². The van der Waals surface area contributed by atoms with E-state index in [4.69, 9.17) is 5.73 Å². The Hall–Kier alpha value is -0.960. The van der Waals surface area contributed by atoms with Gasteiger partial charge in [-0.3, -0.25) is 0 Å². The summed E-state index contributed by atoms with van der Waals surface area (Å²) in [6.07, 6.45) is 1.90. The van der Waals surface area contributed by atoms with E-state index in [1.54, 1.807) is 0 Å². The maximum atomic E-state index is 5.68. The highest BCUT2D eigenvalue weighted by molar-refractivity contribution is 9.10. The van der Waals surface area contributed by atoms with E-state index in [9.17, 15) is 0 Å². The number of nitrogens with one attached hydrogen (secondary N) is 1. The van der Waals surface area contributed by atoms with Gasteiger partial charge in [0.2, 0.25) is 0 Å². The number of H-pyrrole nitrogens is 1. The van der Waals surface area contributed by atoms with Crippen molar-refractivity contribution in [2.75, 3.05) is 5.73 Å². The number of anilines is 1. The van der Waals surface area contributed by atoms with E-state index in [-0.39, 0.29) is 0 Å². The molecule has 0 amide bonds. The summed E-state index contributed by atoms with van der Waals surface area (Å²) in [5.41, 5.74) is 7.56. The van der Waals surface area contributed by atoms with Gasteiger partial charge in [-0.25, -0.2) is 0 Å². The molecule has 2 rings (SSSR count). The first kappa shape index (κ1) is 6.73. The lowest BCUT2D eigenvalue weighted by Gasteiger charge is -1.97. The van der Waals surface area contributed by atoms with Gasteiger partial charge in [0.15, 0.2) is 0 Å².